The molecule has 3 nitrogen and oxygen atoms in total. The first kappa shape index (κ1) is 9.86. The molecule has 0 saturated heterocycles. The van der Waals surface area contributed by atoms with Crippen LogP contribution in [0.5, 0.6) is 0 Å². The fourth-order valence-electron chi connectivity index (χ4n) is 1.20. The Morgan fingerprint density at radius 3 is 2.62 bits per heavy atom. The lowest BCUT2D eigenvalue weighted by Gasteiger charge is -2.05. The summed E-state index contributed by atoms with van der Waals surface area (Å²) in [5, 5.41) is 17.6. The Balaban J connectivity index is 2.14. The molecule has 0 spiro atoms. The fourth-order valence-corrected chi connectivity index (χ4v) is 1.20. The van der Waals surface area contributed by atoms with Crippen molar-refractivity contribution in [3.63, 3.8) is 0 Å². The highest BCUT2D eigenvalue weighted by atomic mass is 16.3. The molecule has 0 radical (unpaired) electrons. The molecule has 0 fully saturated rings. The van der Waals surface area contributed by atoms with E-state index in [0.29, 0.717) is 6.42 Å². The summed E-state index contributed by atoms with van der Waals surface area (Å²) < 4.78 is 2.06. The summed E-state index contributed by atoms with van der Waals surface area (Å²) in [4.78, 5) is 0. The highest BCUT2D eigenvalue weighted by Crippen LogP contribution is 2.01. The maximum atomic E-state index is 9.22. The van der Waals surface area contributed by atoms with Gasteiger partial charge in [-0.2, -0.15) is 0 Å². The Kier molecular flexibility index (Phi) is 4.12. The van der Waals surface area contributed by atoms with E-state index in [-0.39, 0.29) is 0 Å². The molecule has 0 aromatic carbocycles. The molecule has 1 aromatic rings. The monoisotopic (exact) mass is 181 g/mol. The minimum atomic E-state index is -0.527. The molecule has 72 valence electrons. The van der Waals surface area contributed by atoms with Crippen LogP contribution in [0, 0.1) is 0 Å². The predicted octanol–water partition coefficient (Wildman–Crippen LogP) is 1.70. The Bertz CT molecular complexity index is 241. The van der Waals surface area contributed by atoms with Crippen LogP contribution in [0.15, 0.2) is 36.9 Å². The van der Waals surface area contributed by atoms with E-state index in [1.54, 1.807) is 0 Å². The van der Waals surface area contributed by atoms with Crippen molar-refractivity contribution in [2.24, 2.45) is 0 Å². The lowest BCUT2D eigenvalue weighted by Crippen LogP contribution is -2.04. The topological polar surface area (TPSA) is 45.4 Å². The third-order valence-corrected chi connectivity index (χ3v) is 1.89. The molecule has 1 rings (SSSR count). The number of rotatable bonds is 5. The summed E-state index contributed by atoms with van der Waals surface area (Å²) >= 11 is 0. The van der Waals surface area contributed by atoms with E-state index < -0.39 is 6.10 Å². The van der Waals surface area contributed by atoms with Crippen molar-refractivity contribution in [1.29, 1.82) is 0 Å². The lowest BCUT2D eigenvalue weighted by molar-refractivity contribution is 0.204. The maximum absolute atomic E-state index is 9.22. The third kappa shape index (κ3) is 3.80. The first-order valence-corrected chi connectivity index (χ1v) is 4.42. The van der Waals surface area contributed by atoms with Crippen LogP contribution in [-0.2, 0) is 6.54 Å². The lowest BCUT2D eigenvalue weighted by atomic mass is 10.2. The molecule has 0 bridgehead atoms. The Labute approximate surface area is 77.9 Å². The van der Waals surface area contributed by atoms with E-state index >= 15 is 0 Å². The van der Waals surface area contributed by atoms with Gasteiger partial charge in [0.15, 0.2) is 0 Å². The minimum Gasteiger partial charge on any atom is -0.516 e. The van der Waals surface area contributed by atoms with Crippen LogP contribution < -0.4 is 0 Å². The Morgan fingerprint density at radius 1 is 1.31 bits per heavy atom. The van der Waals surface area contributed by atoms with Gasteiger partial charge >= 0.3 is 0 Å². The van der Waals surface area contributed by atoms with E-state index in [4.69, 9.17) is 5.11 Å². The molecule has 0 amide bonds. The molecule has 3 heteroatoms. The van der Waals surface area contributed by atoms with Gasteiger partial charge in [-0.3, -0.25) is 0 Å². The molecule has 13 heavy (non-hydrogen) atoms. The van der Waals surface area contributed by atoms with Gasteiger partial charge in [0.1, 0.15) is 0 Å². The summed E-state index contributed by atoms with van der Waals surface area (Å²) in [5.74, 6) is 0. The number of nitrogens with zero attached hydrogens (tertiary/aromatic N) is 1. The first-order chi connectivity index (χ1) is 6.33. The van der Waals surface area contributed by atoms with Gasteiger partial charge in [-0.05, 0) is 31.1 Å². The smallest absolute Gasteiger partial charge is 0.0777 e. The van der Waals surface area contributed by atoms with Gasteiger partial charge in [-0.15, -0.1) is 0 Å². The SMILES string of the molecule is O/C=C/[C@H](O)CCCn1cccc1. The summed E-state index contributed by atoms with van der Waals surface area (Å²) in [6, 6.07) is 3.95. The van der Waals surface area contributed by atoms with Crippen LogP contribution in [0.2, 0.25) is 0 Å². The molecule has 2 N–H and O–H groups in total. The number of hydrogen-bond donors (Lipinski definition) is 2. The number of aliphatic hydroxyl groups excluding tert-OH is 2. The van der Waals surface area contributed by atoms with Crippen LogP contribution in [0.4, 0.5) is 0 Å². The van der Waals surface area contributed by atoms with Gasteiger partial charge < -0.3 is 14.8 Å². The number of hydrogen-bond acceptors (Lipinski definition) is 2. The summed E-state index contributed by atoms with van der Waals surface area (Å²) in [7, 11) is 0. The van der Waals surface area contributed by atoms with Crippen molar-refractivity contribution in [1.82, 2.24) is 4.57 Å². The zero-order valence-electron chi connectivity index (χ0n) is 7.50. The molecule has 0 saturated carbocycles. The van der Waals surface area contributed by atoms with E-state index in [1.807, 2.05) is 24.5 Å². The normalized spacial score (nSPS) is 13.6. The standard InChI is InChI=1S/C10H15NO2/c12-9-5-10(13)4-3-8-11-6-1-2-7-11/h1-2,5-7,9-10,12-13H,3-4,8H2/b9-5+/t10-/m1/s1. The molecule has 0 aliphatic heterocycles. The quantitative estimate of drug-likeness (QED) is 0.679. The number of aliphatic hydroxyl groups is 2. The third-order valence-electron chi connectivity index (χ3n) is 1.89. The highest BCUT2D eigenvalue weighted by Gasteiger charge is 1.98. The van der Waals surface area contributed by atoms with Crippen LogP contribution in [0.25, 0.3) is 0 Å². The number of aryl methyl sites for hydroxylation is 1. The van der Waals surface area contributed by atoms with Crippen LogP contribution in [0.1, 0.15) is 12.8 Å². The highest BCUT2D eigenvalue weighted by molar-refractivity contribution is 4.90. The summed E-state index contributed by atoms with van der Waals surface area (Å²) in [5.41, 5.74) is 0. The Morgan fingerprint density at radius 2 is 2.00 bits per heavy atom. The molecule has 0 aliphatic carbocycles. The van der Waals surface area contributed by atoms with Crippen molar-refractivity contribution >= 4 is 0 Å². The second kappa shape index (κ2) is 5.43. The van der Waals surface area contributed by atoms with Crippen LogP contribution in [-0.4, -0.2) is 20.9 Å². The van der Waals surface area contributed by atoms with E-state index in [0.717, 1.165) is 19.2 Å². The Hall–Kier alpha value is -1.22. The van der Waals surface area contributed by atoms with E-state index in [1.165, 1.54) is 6.08 Å². The van der Waals surface area contributed by atoms with Crippen molar-refractivity contribution in [3.05, 3.63) is 36.9 Å². The van der Waals surface area contributed by atoms with Crippen LogP contribution >= 0.6 is 0 Å². The maximum Gasteiger partial charge on any atom is 0.0777 e. The first-order valence-electron chi connectivity index (χ1n) is 4.42. The van der Waals surface area contributed by atoms with Crippen molar-refractivity contribution < 1.29 is 10.2 Å². The largest absolute Gasteiger partial charge is 0.516 e. The minimum absolute atomic E-state index is 0.527. The van der Waals surface area contributed by atoms with Gasteiger partial charge in [0.05, 0.1) is 12.4 Å². The van der Waals surface area contributed by atoms with E-state index in [2.05, 4.69) is 4.57 Å². The van der Waals surface area contributed by atoms with Gasteiger partial charge in [-0.1, -0.05) is 0 Å². The average molecular weight is 181 g/mol. The van der Waals surface area contributed by atoms with Crippen LogP contribution in [0.3, 0.4) is 0 Å². The van der Waals surface area contributed by atoms with Gasteiger partial charge in [0.25, 0.3) is 0 Å². The summed E-state index contributed by atoms with van der Waals surface area (Å²) in [6.07, 6.45) is 7.31. The van der Waals surface area contributed by atoms with Gasteiger partial charge in [0.2, 0.25) is 0 Å². The second-order valence-electron chi connectivity index (χ2n) is 2.97. The van der Waals surface area contributed by atoms with E-state index in [9.17, 15) is 5.11 Å². The molecule has 1 aromatic heterocycles. The fraction of sp³-hybridized carbons (Fsp3) is 0.400. The average Bonchev–Trinajstić information content (AvgIpc) is 2.57. The molecule has 0 unspecified atom stereocenters. The van der Waals surface area contributed by atoms with Crippen molar-refractivity contribution in [2.75, 3.05) is 0 Å². The molecular weight excluding hydrogens is 166 g/mol. The zero-order valence-corrected chi connectivity index (χ0v) is 7.50. The molecular formula is C10H15NO2. The second-order valence-corrected chi connectivity index (χ2v) is 2.97. The van der Waals surface area contributed by atoms with Gasteiger partial charge in [-0.25, -0.2) is 0 Å². The summed E-state index contributed by atoms with van der Waals surface area (Å²) in [6.45, 7) is 0.906. The molecule has 1 heterocycles. The number of aromatic nitrogens is 1. The predicted molar refractivity (Wildman–Crippen MR) is 51.4 cm³/mol. The molecule has 0 aliphatic rings. The van der Waals surface area contributed by atoms with Crippen molar-refractivity contribution in [3.8, 4) is 0 Å². The zero-order chi connectivity index (χ0) is 9.52. The van der Waals surface area contributed by atoms with Gasteiger partial charge in [0, 0.05) is 18.9 Å². The van der Waals surface area contributed by atoms with Crippen molar-refractivity contribution in [2.45, 2.75) is 25.5 Å². The molecule has 1 atom stereocenters.